The van der Waals surface area contributed by atoms with Gasteiger partial charge in [0, 0.05) is 24.6 Å². The Kier molecular flexibility index (Phi) is 4.63. The quantitative estimate of drug-likeness (QED) is 0.916. The maximum Gasteiger partial charge on any atom is 0.328 e. The maximum atomic E-state index is 12.1. The largest absolute Gasteiger partial charge is 0.328 e. The summed E-state index contributed by atoms with van der Waals surface area (Å²) in [7, 11) is 5.62. The first-order valence-electron chi connectivity index (χ1n) is 7.31. The van der Waals surface area contributed by atoms with E-state index >= 15 is 0 Å². The van der Waals surface area contributed by atoms with Gasteiger partial charge >= 0.3 is 5.69 Å². The highest BCUT2D eigenvalue weighted by Gasteiger charge is 2.23. The first kappa shape index (κ1) is 16.3. The molecular weight excluding hydrogens is 330 g/mol. The molecule has 2 unspecified atom stereocenters. The van der Waals surface area contributed by atoms with Crippen molar-refractivity contribution in [2.75, 3.05) is 7.05 Å². The van der Waals surface area contributed by atoms with E-state index in [-0.39, 0.29) is 11.7 Å². The zero-order chi connectivity index (χ0) is 15.9. The second-order valence-electron chi connectivity index (χ2n) is 6.13. The zero-order valence-corrected chi connectivity index (χ0v) is 15.2. The van der Waals surface area contributed by atoms with Gasteiger partial charge in [0.15, 0.2) is 0 Å². The molecule has 0 fully saturated rings. The third kappa shape index (κ3) is 2.69. The van der Waals surface area contributed by atoms with Gasteiger partial charge in [-0.05, 0) is 36.6 Å². The smallest absolute Gasteiger partial charge is 0.313 e. The van der Waals surface area contributed by atoms with Crippen LogP contribution in [0.25, 0.3) is 11.0 Å². The standard InChI is InChI=1S/C16H24BrN3O/c1-9(2)10(3)15(18-4)11-7-13-14(8-12(11)17)20(6)16(21)19(13)5/h7-10,15,18H,1-6H3. The van der Waals surface area contributed by atoms with Gasteiger partial charge in [-0.25, -0.2) is 4.79 Å². The van der Waals surface area contributed by atoms with E-state index in [4.69, 9.17) is 0 Å². The van der Waals surface area contributed by atoms with E-state index in [1.165, 1.54) is 5.56 Å². The molecule has 2 atom stereocenters. The topological polar surface area (TPSA) is 39.0 Å². The fourth-order valence-electron chi connectivity index (χ4n) is 2.86. The molecule has 1 heterocycles. The van der Waals surface area contributed by atoms with Crippen LogP contribution in [0.1, 0.15) is 32.4 Å². The van der Waals surface area contributed by atoms with Crippen molar-refractivity contribution >= 4 is 27.0 Å². The fraction of sp³-hybridized carbons (Fsp3) is 0.562. The fourth-order valence-corrected chi connectivity index (χ4v) is 3.44. The Labute approximate surface area is 134 Å². The van der Waals surface area contributed by atoms with Crippen molar-refractivity contribution in [1.82, 2.24) is 14.5 Å². The lowest BCUT2D eigenvalue weighted by Crippen LogP contribution is -2.27. The molecule has 0 amide bonds. The summed E-state index contributed by atoms with van der Waals surface area (Å²) in [5.74, 6) is 1.06. The molecule has 0 saturated heterocycles. The number of rotatable bonds is 4. The van der Waals surface area contributed by atoms with Gasteiger partial charge in [0.05, 0.1) is 11.0 Å². The summed E-state index contributed by atoms with van der Waals surface area (Å²) in [4.78, 5) is 12.1. The van der Waals surface area contributed by atoms with Crippen LogP contribution in [-0.2, 0) is 14.1 Å². The SMILES string of the molecule is CNC(c1cc2c(cc1Br)n(C)c(=O)n2C)C(C)C(C)C. The minimum Gasteiger partial charge on any atom is -0.313 e. The number of fused-ring (bicyclic) bond motifs is 1. The van der Waals surface area contributed by atoms with Crippen molar-refractivity contribution in [3.8, 4) is 0 Å². The third-order valence-electron chi connectivity index (χ3n) is 4.61. The molecule has 0 bridgehead atoms. The van der Waals surface area contributed by atoms with Gasteiger partial charge < -0.3 is 5.32 Å². The number of aryl methyl sites for hydroxylation is 2. The summed E-state index contributed by atoms with van der Waals surface area (Å²) in [6.07, 6.45) is 0. The molecule has 0 aliphatic rings. The van der Waals surface area contributed by atoms with Crippen LogP contribution in [-0.4, -0.2) is 16.2 Å². The molecule has 1 aromatic heterocycles. The average molecular weight is 354 g/mol. The molecule has 0 spiro atoms. The van der Waals surface area contributed by atoms with Crippen LogP contribution in [0.15, 0.2) is 21.4 Å². The van der Waals surface area contributed by atoms with E-state index in [0.717, 1.165) is 15.5 Å². The lowest BCUT2D eigenvalue weighted by atomic mass is 9.86. The van der Waals surface area contributed by atoms with Crippen LogP contribution in [0, 0.1) is 11.8 Å². The van der Waals surface area contributed by atoms with E-state index in [1.54, 1.807) is 9.13 Å². The number of aromatic nitrogens is 2. The summed E-state index contributed by atoms with van der Waals surface area (Å²) in [5, 5.41) is 3.42. The number of halogens is 1. The summed E-state index contributed by atoms with van der Waals surface area (Å²) in [5.41, 5.74) is 3.13. The molecule has 1 aromatic carbocycles. The van der Waals surface area contributed by atoms with Crippen LogP contribution in [0.3, 0.4) is 0 Å². The van der Waals surface area contributed by atoms with Gasteiger partial charge in [0.25, 0.3) is 0 Å². The maximum absolute atomic E-state index is 12.1. The van der Waals surface area contributed by atoms with Gasteiger partial charge in [0.1, 0.15) is 0 Å². The van der Waals surface area contributed by atoms with E-state index in [0.29, 0.717) is 11.8 Å². The van der Waals surface area contributed by atoms with Crippen molar-refractivity contribution in [1.29, 1.82) is 0 Å². The van der Waals surface area contributed by atoms with Crippen molar-refractivity contribution in [3.05, 3.63) is 32.7 Å². The van der Waals surface area contributed by atoms with Crippen molar-refractivity contribution < 1.29 is 0 Å². The number of nitrogens with zero attached hydrogens (tertiary/aromatic N) is 2. The first-order chi connectivity index (χ1) is 9.79. The van der Waals surface area contributed by atoms with E-state index in [9.17, 15) is 4.79 Å². The van der Waals surface area contributed by atoms with Gasteiger partial charge in [0.2, 0.25) is 0 Å². The van der Waals surface area contributed by atoms with Crippen LogP contribution in [0.2, 0.25) is 0 Å². The monoisotopic (exact) mass is 353 g/mol. The van der Waals surface area contributed by atoms with Crippen LogP contribution in [0.5, 0.6) is 0 Å². The Morgan fingerprint density at radius 3 is 2.10 bits per heavy atom. The molecule has 0 radical (unpaired) electrons. The third-order valence-corrected chi connectivity index (χ3v) is 5.30. The highest BCUT2D eigenvalue weighted by atomic mass is 79.9. The molecule has 4 nitrogen and oxygen atoms in total. The number of nitrogens with one attached hydrogen (secondary N) is 1. The Morgan fingerprint density at radius 2 is 1.62 bits per heavy atom. The molecule has 2 rings (SSSR count). The van der Waals surface area contributed by atoms with Crippen molar-refractivity contribution in [2.24, 2.45) is 25.9 Å². The number of benzene rings is 1. The van der Waals surface area contributed by atoms with Crippen LogP contribution >= 0.6 is 15.9 Å². The lowest BCUT2D eigenvalue weighted by molar-refractivity contribution is 0.316. The number of hydrogen-bond acceptors (Lipinski definition) is 2. The first-order valence-corrected chi connectivity index (χ1v) is 8.11. The van der Waals surface area contributed by atoms with Gasteiger partial charge in [-0.2, -0.15) is 0 Å². The summed E-state index contributed by atoms with van der Waals surface area (Å²) >= 11 is 3.68. The van der Waals surface area contributed by atoms with E-state index in [1.807, 2.05) is 27.2 Å². The highest BCUT2D eigenvalue weighted by Crippen LogP contribution is 2.34. The Balaban J connectivity index is 2.67. The highest BCUT2D eigenvalue weighted by molar-refractivity contribution is 9.10. The predicted octanol–water partition coefficient (Wildman–Crippen LogP) is 3.19. The second-order valence-corrected chi connectivity index (χ2v) is 6.99. The van der Waals surface area contributed by atoms with Gasteiger partial charge in [-0.15, -0.1) is 0 Å². The molecular formula is C16H24BrN3O. The molecule has 0 aliphatic heterocycles. The lowest BCUT2D eigenvalue weighted by Gasteiger charge is -2.28. The zero-order valence-electron chi connectivity index (χ0n) is 13.6. The summed E-state index contributed by atoms with van der Waals surface area (Å²) in [6, 6.07) is 4.42. The normalized spacial score (nSPS) is 14.9. The average Bonchev–Trinajstić information content (AvgIpc) is 2.64. The molecule has 1 N–H and O–H groups in total. The molecule has 0 aliphatic carbocycles. The van der Waals surface area contributed by atoms with Gasteiger partial charge in [-0.3, -0.25) is 9.13 Å². The van der Waals surface area contributed by atoms with E-state index < -0.39 is 0 Å². The summed E-state index contributed by atoms with van der Waals surface area (Å²) in [6.45, 7) is 6.73. The number of hydrogen-bond donors (Lipinski definition) is 1. The Bertz CT molecular complexity index is 714. The molecule has 5 heteroatoms. The Morgan fingerprint density at radius 1 is 1.10 bits per heavy atom. The Hall–Kier alpha value is -1.07. The van der Waals surface area contributed by atoms with Crippen LogP contribution in [0.4, 0.5) is 0 Å². The van der Waals surface area contributed by atoms with E-state index in [2.05, 4.69) is 48.1 Å². The minimum atomic E-state index is 0.00645. The number of imidazole rings is 1. The molecule has 0 saturated carbocycles. The van der Waals surface area contributed by atoms with Crippen molar-refractivity contribution in [3.63, 3.8) is 0 Å². The van der Waals surface area contributed by atoms with Crippen molar-refractivity contribution in [2.45, 2.75) is 26.8 Å². The second kappa shape index (κ2) is 5.97. The minimum absolute atomic E-state index is 0.00645. The van der Waals surface area contributed by atoms with Gasteiger partial charge in [-0.1, -0.05) is 36.7 Å². The molecule has 2 aromatic rings. The molecule has 21 heavy (non-hydrogen) atoms. The molecule has 116 valence electrons. The van der Waals surface area contributed by atoms with Crippen LogP contribution < -0.4 is 11.0 Å². The predicted molar refractivity (Wildman–Crippen MR) is 91.7 cm³/mol. The summed E-state index contributed by atoms with van der Waals surface area (Å²) < 4.78 is 4.44.